The number of halogens is 1. The summed E-state index contributed by atoms with van der Waals surface area (Å²) in [5.41, 5.74) is 1.13. The summed E-state index contributed by atoms with van der Waals surface area (Å²) in [4.78, 5) is 35.3. The summed E-state index contributed by atoms with van der Waals surface area (Å²) in [7, 11) is 1.42. The van der Waals surface area contributed by atoms with Gasteiger partial charge >= 0.3 is 6.09 Å². The van der Waals surface area contributed by atoms with Crippen LogP contribution in [0.2, 0.25) is 0 Å². The zero-order chi connectivity index (χ0) is 14.2. The molecule has 98 valence electrons. The summed E-state index contributed by atoms with van der Waals surface area (Å²) in [5, 5.41) is 8.67. The number of carboxylic acid groups (broad SMARTS) is 1. The van der Waals surface area contributed by atoms with E-state index in [0.717, 1.165) is 11.0 Å². The second-order valence-corrected chi connectivity index (χ2v) is 4.61. The normalized spacial score (nSPS) is 13.9. The fourth-order valence-corrected chi connectivity index (χ4v) is 2.02. The predicted octanol–water partition coefficient (Wildman–Crippen LogP) is 2.30. The van der Waals surface area contributed by atoms with Crippen molar-refractivity contribution in [2.24, 2.45) is 0 Å². The maximum Gasteiger partial charge on any atom is 0.407 e. The molecule has 0 bridgehead atoms. The molecule has 1 amide bonds. The summed E-state index contributed by atoms with van der Waals surface area (Å²) in [6, 6.07) is 4.64. The van der Waals surface area contributed by atoms with Gasteiger partial charge in [-0.25, -0.2) is 4.79 Å². The van der Waals surface area contributed by atoms with Gasteiger partial charge in [0.1, 0.15) is 0 Å². The monoisotopic (exact) mass is 279 g/mol. The number of benzene rings is 1. The molecule has 0 aromatic heterocycles. The van der Waals surface area contributed by atoms with E-state index in [9.17, 15) is 14.4 Å². The van der Waals surface area contributed by atoms with E-state index in [1.165, 1.54) is 19.2 Å². The van der Waals surface area contributed by atoms with Gasteiger partial charge in [0.2, 0.25) is 5.78 Å². The molecule has 0 saturated heterocycles. The quantitative estimate of drug-likeness (QED) is 0.901. The Morgan fingerprint density at radius 1 is 1.32 bits per heavy atom. The van der Waals surface area contributed by atoms with Crippen LogP contribution in [0.1, 0.15) is 26.3 Å². The molecule has 0 radical (unpaired) electrons. The van der Waals surface area contributed by atoms with E-state index < -0.39 is 11.9 Å². The van der Waals surface area contributed by atoms with Crippen molar-refractivity contribution in [1.82, 2.24) is 4.90 Å². The first-order valence-corrected chi connectivity index (χ1v) is 5.81. The molecule has 1 aromatic rings. The van der Waals surface area contributed by atoms with Crippen LogP contribution in [0.25, 0.3) is 0 Å². The standard InChI is InChI=1S/C13H10ClNO4/c1-15(13(18)19)6-7-2-3-8-9(4-7)12(17)10(14)5-11(8)16/h2-5H,6H2,1H3,(H,18,19). The van der Waals surface area contributed by atoms with E-state index in [1.54, 1.807) is 6.07 Å². The van der Waals surface area contributed by atoms with Crippen molar-refractivity contribution in [1.29, 1.82) is 0 Å². The van der Waals surface area contributed by atoms with Crippen molar-refractivity contribution < 1.29 is 19.5 Å². The Kier molecular flexibility index (Phi) is 3.40. The second-order valence-electron chi connectivity index (χ2n) is 4.20. The summed E-state index contributed by atoms with van der Waals surface area (Å²) in [5.74, 6) is -0.742. The van der Waals surface area contributed by atoms with Gasteiger partial charge in [-0.05, 0) is 17.7 Å². The summed E-state index contributed by atoms with van der Waals surface area (Å²) in [6.45, 7) is 0.130. The number of hydrogen-bond acceptors (Lipinski definition) is 3. The van der Waals surface area contributed by atoms with Crippen molar-refractivity contribution in [3.05, 3.63) is 46.0 Å². The molecule has 1 aliphatic rings. The fraction of sp³-hybridized carbons (Fsp3) is 0.154. The number of carbonyl (C=O) groups is 3. The Bertz CT molecular complexity index is 621. The lowest BCUT2D eigenvalue weighted by atomic mass is 9.93. The van der Waals surface area contributed by atoms with Crippen LogP contribution in [0, 0.1) is 0 Å². The van der Waals surface area contributed by atoms with Crippen LogP contribution in [0.5, 0.6) is 0 Å². The zero-order valence-electron chi connectivity index (χ0n) is 10.0. The number of allylic oxidation sites excluding steroid dienone is 2. The van der Waals surface area contributed by atoms with Crippen LogP contribution in [-0.2, 0) is 6.54 Å². The molecule has 6 heteroatoms. The highest BCUT2D eigenvalue weighted by Gasteiger charge is 2.24. The molecule has 0 saturated carbocycles. The highest BCUT2D eigenvalue weighted by Crippen LogP contribution is 2.24. The Labute approximate surface area is 114 Å². The third kappa shape index (κ3) is 2.51. The third-order valence-electron chi connectivity index (χ3n) is 2.82. The van der Waals surface area contributed by atoms with E-state index >= 15 is 0 Å². The number of ketones is 2. The lowest BCUT2D eigenvalue weighted by Gasteiger charge is -2.16. The first-order valence-electron chi connectivity index (χ1n) is 5.43. The van der Waals surface area contributed by atoms with Gasteiger partial charge in [-0.1, -0.05) is 17.7 Å². The molecular weight excluding hydrogens is 270 g/mol. The van der Waals surface area contributed by atoms with Crippen LogP contribution in [0.4, 0.5) is 4.79 Å². The minimum absolute atomic E-state index is 0.124. The molecule has 0 spiro atoms. The van der Waals surface area contributed by atoms with Gasteiger partial charge in [0, 0.05) is 30.8 Å². The van der Waals surface area contributed by atoms with E-state index in [1.807, 2.05) is 0 Å². The topological polar surface area (TPSA) is 74.7 Å². The second kappa shape index (κ2) is 4.85. The molecule has 0 atom stereocenters. The van der Waals surface area contributed by atoms with Gasteiger partial charge < -0.3 is 10.0 Å². The van der Waals surface area contributed by atoms with E-state index in [4.69, 9.17) is 16.7 Å². The number of carbonyl (C=O) groups excluding carboxylic acids is 2. The largest absolute Gasteiger partial charge is 0.465 e. The van der Waals surface area contributed by atoms with Gasteiger partial charge in [0.15, 0.2) is 5.78 Å². The van der Waals surface area contributed by atoms with Crippen LogP contribution >= 0.6 is 11.6 Å². The van der Waals surface area contributed by atoms with E-state index in [0.29, 0.717) is 5.56 Å². The highest BCUT2D eigenvalue weighted by molar-refractivity contribution is 6.49. The van der Waals surface area contributed by atoms with Crippen molar-refractivity contribution in [3.8, 4) is 0 Å². The first kappa shape index (κ1) is 13.3. The molecule has 0 heterocycles. The van der Waals surface area contributed by atoms with E-state index in [-0.39, 0.29) is 28.5 Å². The number of Topliss-reactive ketones (excluding diaryl/α,β-unsaturated/α-hetero) is 1. The molecule has 0 unspecified atom stereocenters. The first-order chi connectivity index (χ1) is 8.90. The lowest BCUT2D eigenvalue weighted by molar-refractivity contribution is 0.0990. The predicted molar refractivity (Wildman–Crippen MR) is 68.5 cm³/mol. The molecule has 1 aliphatic carbocycles. The molecule has 2 rings (SSSR count). The van der Waals surface area contributed by atoms with Crippen LogP contribution < -0.4 is 0 Å². The molecular formula is C13H10ClNO4. The van der Waals surface area contributed by atoms with Crippen LogP contribution in [0.15, 0.2) is 29.3 Å². The number of fused-ring (bicyclic) bond motifs is 1. The Balaban J connectivity index is 2.38. The van der Waals surface area contributed by atoms with Gasteiger partial charge in [-0.2, -0.15) is 0 Å². The van der Waals surface area contributed by atoms with Crippen LogP contribution in [0.3, 0.4) is 0 Å². The highest BCUT2D eigenvalue weighted by atomic mass is 35.5. The summed E-state index contributed by atoms with van der Waals surface area (Å²) in [6.07, 6.45) is 0.0213. The Morgan fingerprint density at radius 3 is 2.63 bits per heavy atom. The van der Waals surface area contributed by atoms with Gasteiger partial charge in [-0.3, -0.25) is 9.59 Å². The third-order valence-corrected chi connectivity index (χ3v) is 3.10. The van der Waals surface area contributed by atoms with Gasteiger partial charge in [0.25, 0.3) is 0 Å². The number of nitrogens with zero attached hydrogens (tertiary/aromatic N) is 1. The minimum Gasteiger partial charge on any atom is -0.465 e. The number of rotatable bonds is 2. The number of hydrogen-bond donors (Lipinski definition) is 1. The maximum atomic E-state index is 11.9. The van der Waals surface area contributed by atoms with E-state index in [2.05, 4.69) is 0 Å². The Hall–Kier alpha value is -2.14. The van der Waals surface area contributed by atoms with Gasteiger partial charge in [0.05, 0.1) is 5.03 Å². The lowest BCUT2D eigenvalue weighted by Crippen LogP contribution is -2.24. The molecule has 19 heavy (non-hydrogen) atoms. The average Bonchev–Trinajstić information content (AvgIpc) is 2.35. The summed E-state index contributed by atoms with van der Waals surface area (Å²) >= 11 is 5.68. The SMILES string of the molecule is CN(Cc1ccc2c(c1)C(=O)C(Cl)=CC2=O)C(=O)O. The molecule has 0 aliphatic heterocycles. The molecule has 1 N–H and O–H groups in total. The zero-order valence-corrected chi connectivity index (χ0v) is 10.8. The maximum absolute atomic E-state index is 11.9. The molecule has 5 nitrogen and oxygen atoms in total. The van der Waals surface area contributed by atoms with Crippen molar-refractivity contribution in [2.75, 3.05) is 7.05 Å². The fourth-order valence-electron chi connectivity index (χ4n) is 1.82. The van der Waals surface area contributed by atoms with Gasteiger partial charge in [-0.15, -0.1) is 0 Å². The molecule has 0 fully saturated rings. The Morgan fingerprint density at radius 2 is 2.00 bits per heavy atom. The summed E-state index contributed by atoms with van der Waals surface area (Å²) < 4.78 is 0. The number of amides is 1. The van der Waals surface area contributed by atoms with Crippen molar-refractivity contribution in [2.45, 2.75) is 6.54 Å². The van der Waals surface area contributed by atoms with Crippen molar-refractivity contribution in [3.63, 3.8) is 0 Å². The average molecular weight is 280 g/mol. The smallest absolute Gasteiger partial charge is 0.407 e. The molecule has 1 aromatic carbocycles. The van der Waals surface area contributed by atoms with Crippen molar-refractivity contribution >= 4 is 29.3 Å². The minimum atomic E-state index is -1.07. The van der Waals surface area contributed by atoms with Crippen LogP contribution in [-0.4, -0.2) is 34.7 Å².